The largest absolute Gasteiger partial charge is 0.497 e. The van der Waals surface area contributed by atoms with E-state index in [1.807, 2.05) is 26.0 Å². The molecule has 0 aliphatic carbocycles. The zero-order valence-corrected chi connectivity index (χ0v) is 25.1. The van der Waals surface area contributed by atoms with Crippen LogP contribution in [0.4, 0.5) is 5.69 Å². The Hall–Kier alpha value is -4.05. The lowest BCUT2D eigenvalue weighted by molar-refractivity contribution is -0.139. The van der Waals surface area contributed by atoms with Gasteiger partial charge in [0.1, 0.15) is 24.1 Å². The first-order valence-corrected chi connectivity index (χ1v) is 15.0. The highest BCUT2D eigenvalue weighted by Crippen LogP contribution is 2.26. The van der Waals surface area contributed by atoms with Gasteiger partial charge in [0.2, 0.25) is 11.8 Å². The number of unbranched alkanes of at least 4 members (excludes halogenated alkanes) is 1. The second-order valence-electron chi connectivity index (χ2n) is 9.71. The first kappa shape index (κ1) is 31.5. The van der Waals surface area contributed by atoms with Crippen molar-refractivity contribution in [3.63, 3.8) is 0 Å². The van der Waals surface area contributed by atoms with Crippen molar-refractivity contribution in [2.45, 2.75) is 51.1 Å². The smallest absolute Gasteiger partial charge is 0.264 e. The van der Waals surface area contributed by atoms with Crippen molar-refractivity contribution in [3.05, 3.63) is 83.9 Å². The third-order valence-corrected chi connectivity index (χ3v) is 8.55. The van der Waals surface area contributed by atoms with Gasteiger partial charge in [0.25, 0.3) is 10.0 Å². The average molecular weight is 582 g/mol. The Morgan fingerprint density at radius 1 is 0.878 bits per heavy atom. The number of nitrogens with one attached hydrogen (secondary N) is 1. The number of rotatable bonds is 14. The van der Waals surface area contributed by atoms with Gasteiger partial charge in [-0.15, -0.1) is 0 Å². The first-order chi connectivity index (χ1) is 19.6. The second-order valence-corrected chi connectivity index (χ2v) is 11.6. The van der Waals surface area contributed by atoms with Gasteiger partial charge in [-0.1, -0.05) is 43.2 Å². The molecular weight excluding hydrogens is 542 g/mol. The minimum Gasteiger partial charge on any atom is -0.497 e. The van der Waals surface area contributed by atoms with E-state index in [0.717, 1.165) is 28.3 Å². The summed E-state index contributed by atoms with van der Waals surface area (Å²) in [5.41, 5.74) is 2.05. The molecule has 0 saturated carbocycles. The summed E-state index contributed by atoms with van der Waals surface area (Å²) in [4.78, 5) is 28.5. The molecule has 41 heavy (non-hydrogen) atoms. The number of ether oxygens (including phenoxy) is 2. The minimum absolute atomic E-state index is 0.0127. The van der Waals surface area contributed by atoms with E-state index < -0.39 is 28.5 Å². The summed E-state index contributed by atoms with van der Waals surface area (Å²) in [7, 11) is -1.09. The molecule has 9 nitrogen and oxygen atoms in total. The van der Waals surface area contributed by atoms with Gasteiger partial charge in [-0.3, -0.25) is 13.9 Å². The maximum Gasteiger partial charge on any atom is 0.264 e. The molecule has 3 aromatic rings. The van der Waals surface area contributed by atoms with Crippen LogP contribution in [-0.2, 0) is 26.2 Å². The molecule has 2 amide bonds. The first-order valence-electron chi connectivity index (χ1n) is 13.5. The van der Waals surface area contributed by atoms with Gasteiger partial charge in [0.05, 0.1) is 24.8 Å². The number of hydrogen-bond acceptors (Lipinski definition) is 6. The highest BCUT2D eigenvalue weighted by molar-refractivity contribution is 7.92. The molecule has 0 bridgehead atoms. The van der Waals surface area contributed by atoms with Gasteiger partial charge < -0.3 is 19.7 Å². The van der Waals surface area contributed by atoms with Gasteiger partial charge in [-0.2, -0.15) is 0 Å². The number of benzene rings is 3. The summed E-state index contributed by atoms with van der Waals surface area (Å²) >= 11 is 0. The molecule has 3 aromatic carbocycles. The normalized spacial score (nSPS) is 11.8. The highest BCUT2D eigenvalue weighted by Gasteiger charge is 2.32. The topological polar surface area (TPSA) is 105 Å². The van der Waals surface area contributed by atoms with E-state index in [2.05, 4.69) is 5.32 Å². The summed E-state index contributed by atoms with van der Waals surface area (Å²) in [5.74, 6) is 0.348. The fourth-order valence-electron chi connectivity index (χ4n) is 4.16. The molecule has 0 aromatic heterocycles. The number of nitrogens with zero attached hydrogens (tertiary/aromatic N) is 2. The Balaban J connectivity index is 1.99. The number of carbonyl (C=O) groups is 2. The quantitative estimate of drug-likeness (QED) is 0.280. The predicted octanol–water partition coefficient (Wildman–Crippen LogP) is 4.54. The lowest BCUT2D eigenvalue weighted by Crippen LogP contribution is -2.51. The zero-order valence-electron chi connectivity index (χ0n) is 24.3. The molecular formula is C31H39N3O6S. The molecule has 3 rings (SSSR count). The second kappa shape index (κ2) is 14.5. The van der Waals surface area contributed by atoms with Crippen molar-refractivity contribution >= 4 is 27.5 Å². The number of sulfonamides is 1. The molecule has 0 heterocycles. The van der Waals surface area contributed by atoms with E-state index in [0.29, 0.717) is 23.7 Å². The van der Waals surface area contributed by atoms with E-state index in [1.165, 1.54) is 24.1 Å². The van der Waals surface area contributed by atoms with E-state index in [1.54, 1.807) is 62.6 Å². The van der Waals surface area contributed by atoms with Crippen LogP contribution >= 0.6 is 0 Å². The van der Waals surface area contributed by atoms with Crippen LogP contribution < -0.4 is 19.1 Å². The number of methoxy groups -OCH3 is 2. The van der Waals surface area contributed by atoms with Gasteiger partial charge >= 0.3 is 0 Å². The fraction of sp³-hybridized carbons (Fsp3) is 0.355. The maximum absolute atomic E-state index is 14.0. The molecule has 220 valence electrons. The van der Waals surface area contributed by atoms with Crippen LogP contribution in [-0.4, -0.2) is 58.5 Å². The molecule has 0 unspecified atom stereocenters. The fourth-order valence-corrected chi connectivity index (χ4v) is 5.58. The molecule has 1 atom stereocenters. The van der Waals surface area contributed by atoms with Crippen LogP contribution in [0.25, 0.3) is 0 Å². The van der Waals surface area contributed by atoms with E-state index in [-0.39, 0.29) is 17.3 Å². The Morgan fingerprint density at radius 3 is 1.98 bits per heavy atom. The Morgan fingerprint density at radius 2 is 1.44 bits per heavy atom. The van der Waals surface area contributed by atoms with Gasteiger partial charge in [0.15, 0.2) is 0 Å². The van der Waals surface area contributed by atoms with Gasteiger partial charge in [-0.05, 0) is 74.4 Å². The van der Waals surface area contributed by atoms with Crippen LogP contribution in [0.15, 0.2) is 77.7 Å². The number of anilines is 1. The molecule has 0 aliphatic rings. The van der Waals surface area contributed by atoms with Crippen molar-refractivity contribution in [1.82, 2.24) is 10.2 Å². The van der Waals surface area contributed by atoms with Crippen molar-refractivity contribution < 1.29 is 27.5 Å². The van der Waals surface area contributed by atoms with Gasteiger partial charge in [-0.25, -0.2) is 8.42 Å². The Labute approximate surface area is 243 Å². The molecule has 0 spiro atoms. The van der Waals surface area contributed by atoms with E-state index in [4.69, 9.17) is 9.47 Å². The number of amides is 2. The summed E-state index contributed by atoms with van der Waals surface area (Å²) in [6.45, 7) is 5.67. The lowest BCUT2D eigenvalue weighted by Gasteiger charge is -2.32. The molecule has 0 saturated heterocycles. The van der Waals surface area contributed by atoms with Crippen LogP contribution in [0.1, 0.15) is 37.8 Å². The third-order valence-electron chi connectivity index (χ3n) is 6.76. The van der Waals surface area contributed by atoms with Gasteiger partial charge in [0, 0.05) is 13.1 Å². The van der Waals surface area contributed by atoms with Crippen molar-refractivity contribution in [2.75, 3.05) is 31.6 Å². The van der Waals surface area contributed by atoms with Crippen LogP contribution in [0.3, 0.4) is 0 Å². The van der Waals surface area contributed by atoms with E-state index in [9.17, 15) is 18.0 Å². The summed E-state index contributed by atoms with van der Waals surface area (Å²) in [6, 6.07) is 19.2. The SMILES string of the molecule is CCCCNC(=O)[C@@H](C)N(Cc1ccc(OC)cc1)C(=O)CN(c1ccc(C)cc1)S(=O)(=O)c1ccc(OC)cc1. The molecule has 0 radical (unpaired) electrons. The van der Waals surface area contributed by atoms with Crippen molar-refractivity contribution in [1.29, 1.82) is 0 Å². The average Bonchev–Trinajstić information content (AvgIpc) is 2.99. The zero-order chi connectivity index (χ0) is 30.0. The molecule has 0 fully saturated rings. The predicted molar refractivity (Wildman–Crippen MR) is 160 cm³/mol. The van der Waals surface area contributed by atoms with Crippen LogP contribution in [0, 0.1) is 6.92 Å². The Kier molecular flexibility index (Phi) is 11.2. The summed E-state index contributed by atoms with van der Waals surface area (Å²) in [5, 5.41) is 2.88. The van der Waals surface area contributed by atoms with Crippen LogP contribution in [0.2, 0.25) is 0 Å². The Bertz CT molecular complexity index is 1390. The van der Waals surface area contributed by atoms with E-state index >= 15 is 0 Å². The third kappa shape index (κ3) is 8.23. The molecule has 10 heteroatoms. The van der Waals surface area contributed by atoms with Crippen LogP contribution in [0.5, 0.6) is 11.5 Å². The number of aryl methyl sites for hydroxylation is 1. The summed E-state index contributed by atoms with van der Waals surface area (Å²) in [6.07, 6.45) is 1.73. The monoisotopic (exact) mass is 581 g/mol. The van der Waals surface area contributed by atoms with Crippen molar-refractivity contribution in [3.8, 4) is 11.5 Å². The maximum atomic E-state index is 14.0. The highest BCUT2D eigenvalue weighted by atomic mass is 32.2. The summed E-state index contributed by atoms with van der Waals surface area (Å²) < 4.78 is 39.3. The number of hydrogen-bond donors (Lipinski definition) is 1. The minimum atomic E-state index is -4.15. The van der Waals surface area contributed by atoms with Crippen molar-refractivity contribution in [2.24, 2.45) is 0 Å². The molecule has 1 N–H and O–H groups in total. The standard InChI is InChI=1S/C31H39N3O6S/c1-6-7-20-32-31(36)24(3)33(21-25-10-14-27(39-4)15-11-25)30(35)22-34(26-12-8-23(2)9-13-26)41(37,38)29-18-16-28(40-5)17-19-29/h8-19,24H,6-7,20-22H2,1-5H3,(H,32,36)/t24-/m1/s1. The number of carbonyl (C=O) groups excluding carboxylic acids is 2. The lowest BCUT2D eigenvalue weighted by atomic mass is 10.1. The molecule has 0 aliphatic heterocycles.